The maximum Gasteiger partial charge on any atom is 0.328 e. The Labute approximate surface area is 129 Å². The number of hydrogen-bond donors (Lipinski definition) is 1. The first kappa shape index (κ1) is 17.3. The first-order valence-corrected chi connectivity index (χ1v) is 6.97. The van der Waals surface area contributed by atoms with Gasteiger partial charge in [0, 0.05) is 5.56 Å². The Balaban J connectivity index is 2.82. The summed E-state index contributed by atoms with van der Waals surface area (Å²) in [5, 5.41) is 3.12. The van der Waals surface area contributed by atoms with Gasteiger partial charge in [0.05, 0.1) is 25.7 Å². The van der Waals surface area contributed by atoms with Gasteiger partial charge in [-0.1, -0.05) is 37.6 Å². The van der Waals surface area contributed by atoms with Crippen molar-refractivity contribution in [2.75, 3.05) is 14.2 Å². The topological polar surface area (TPSA) is 64.6 Å². The summed E-state index contributed by atoms with van der Waals surface area (Å²) in [6.45, 7) is 3.67. The lowest BCUT2D eigenvalue weighted by atomic mass is 10.0. The van der Waals surface area contributed by atoms with Crippen molar-refractivity contribution in [1.82, 2.24) is 5.32 Å². The molecule has 0 saturated heterocycles. The molecule has 0 radical (unpaired) electrons. The summed E-state index contributed by atoms with van der Waals surface area (Å²) in [5.74, 6) is -0.354. The SMILES string of the molecule is COC(=O)[C@@H](NC(=O)Cc1cccc(Cl)c1OC)C(C)C. The highest BCUT2D eigenvalue weighted by Crippen LogP contribution is 2.28. The molecule has 0 aliphatic rings. The molecule has 1 rings (SSSR count). The highest BCUT2D eigenvalue weighted by molar-refractivity contribution is 6.32. The molecule has 0 bridgehead atoms. The Morgan fingerprint density at radius 1 is 1.29 bits per heavy atom. The van der Waals surface area contributed by atoms with Gasteiger partial charge in [-0.15, -0.1) is 0 Å². The molecule has 0 heterocycles. The number of ether oxygens (including phenoxy) is 2. The molecule has 1 N–H and O–H groups in total. The molecule has 0 unspecified atom stereocenters. The zero-order valence-corrected chi connectivity index (χ0v) is 13.4. The van der Waals surface area contributed by atoms with E-state index in [1.165, 1.54) is 14.2 Å². The molecule has 0 aromatic heterocycles. The Hall–Kier alpha value is -1.75. The lowest BCUT2D eigenvalue weighted by molar-refractivity contribution is -0.146. The third-order valence-electron chi connectivity index (χ3n) is 3.04. The minimum atomic E-state index is -0.673. The molecule has 0 fully saturated rings. The van der Waals surface area contributed by atoms with Gasteiger partial charge in [-0.2, -0.15) is 0 Å². The van der Waals surface area contributed by atoms with Crippen LogP contribution in [0.2, 0.25) is 5.02 Å². The van der Waals surface area contributed by atoms with E-state index >= 15 is 0 Å². The van der Waals surface area contributed by atoms with Crippen molar-refractivity contribution in [3.05, 3.63) is 28.8 Å². The van der Waals surface area contributed by atoms with Crippen LogP contribution in [0.1, 0.15) is 19.4 Å². The minimum Gasteiger partial charge on any atom is -0.495 e. The number of carbonyl (C=O) groups is 2. The predicted molar refractivity (Wildman–Crippen MR) is 80.5 cm³/mol. The molecule has 1 aromatic rings. The second kappa shape index (κ2) is 7.88. The number of amides is 1. The fourth-order valence-electron chi connectivity index (χ4n) is 1.94. The summed E-state index contributed by atoms with van der Waals surface area (Å²) in [7, 11) is 2.79. The normalized spacial score (nSPS) is 11.9. The van der Waals surface area contributed by atoms with Gasteiger partial charge in [0.2, 0.25) is 5.91 Å². The summed E-state index contributed by atoms with van der Waals surface area (Å²) in [5.41, 5.74) is 0.662. The van der Waals surface area contributed by atoms with Crippen molar-refractivity contribution in [3.63, 3.8) is 0 Å². The second-order valence-electron chi connectivity index (χ2n) is 4.92. The number of hydrogen-bond acceptors (Lipinski definition) is 4. The van der Waals surface area contributed by atoms with Crippen LogP contribution in [0.5, 0.6) is 5.75 Å². The standard InChI is InChI=1S/C15H20ClNO4/c1-9(2)13(15(19)21-4)17-12(18)8-10-6-5-7-11(16)14(10)20-3/h5-7,9,13H,8H2,1-4H3,(H,17,18)/t13-/m0/s1. The molecular weight excluding hydrogens is 294 g/mol. The van der Waals surface area contributed by atoms with Crippen molar-refractivity contribution in [3.8, 4) is 5.75 Å². The molecule has 116 valence electrons. The van der Waals surface area contributed by atoms with Gasteiger partial charge in [-0.05, 0) is 12.0 Å². The van der Waals surface area contributed by atoms with Crippen molar-refractivity contribution < 1.29 is 19.1 Å². The maximum absolute atomic E-state index is 12.1. The summed E-state index contributed by atoms with van der Waals surface area (Å²) >= 11 is 6.01. The van der Waals surface area contributed by atoms with Crippen LogP contribution in [-0.2, 0) is 20.7 Å². The molecule has 0 aliphatic carbocycles. The molecule has 0 aliphatic heterocycles. The summed E-state index contributed by atoms with van der Waals surface area (Å²) < 4.78 is 9.88. The number of halogens is 1. The average molecular weight is 314 g/mol. The average Bonchev–Trinajstić information content (AvgIpc) is 2.44. The van der Waals surface area contributed by atoms with E-state index in [1.807, 2.05) is 13.8 Å². The zero-order chi connectivity index (χ0) is 16.0. The molecule has 21 heavy (non-hydrogen) atoms. The fourth-order valence-corrected chi connectivity index (χ4v) is 2.21. The lowest BCUT2D eigenvalue weighted by Crippen LogP contribution is -2.45. The van der Waals surface area contributed by atoms with Gasteiger partial charge in [-0.3, -0.25) is 4.79 Å². The van der Waals surface area contributed by atoms with Crippen LogP contribution >= 0.6 is 11.6 Å². The van der Waals surface area contributed by atoms with E-state index in [0.717, 1.165) is 0 Å². The number of esters is 1. The van der Waals surface area contributed by atoms with E-state index in [-0.39, 0.29) is 18.2 Å². The Morgan fingerprint density at radius 2 is 1.95 bits per heavy atom. The third kappa shape index (κ3) is 4.63. The van der Waals surface area contributed by atoms with E-state index in [1.54, 1.807) is 18.2 Å². The molecule has 1 amide bonds. The molecule has 0 spiro atoms. The molecule has 1 atom stereocenters. The van der Waals surface area contributed by atoms with E-state index < -0.39 is 12.0 Å². The van der Waals surface area contributed by atoms with Crippen LogP contribution in [0, 0.1) is 5.92 Å². The van der Waals surface area contributed by atoms with Gasteiger partial charge in [0.15, 0.2) is 0 Å². The van der Waals surface area contributed by atoms with Crippen LogP contribution in [-0.4, -0.2) is 32.1 Å². The molecule has 6 heteroatoms. The van der Waals surface area contributed by atoms with Crippen LogP contribution in [0.15, 0.2) is 18.2 Å². The van der Waals surface area contributed by atoms with Crippen molar-refractivity contribution >= 4 is 23.5 Å². The smallest absolute Gasteiger partial charge is 0.328 e. The monoisotopic (exact) mass is 313 g/mol. The molecule has 1 aromatic carbocycles. The van der Waals surface area contributed by atoms with Crippen LogP contribution in [0.3, 0.4) is 0 Å². The highest BCUT2D eigenvalue weighted by Gasteiger charge is 2.25. The van der Waals surface area contributed by atoms with Gasteiger partial charge >= 0.3 is 5.97 Å². The van der Waals surface area contributed by atoms with E-state index in [4.69, 9.17) is 16.3 Å². The van der Waals surface area contributed by atoms with Gasteiger partial charge < -0.3 is 14.8 Å². The first-order chi connectivity index (χ1) is 9.90. The van der Waals surface area contributed by atoms with Gasteiger partial charge in [0.1, 0.15) is 11.8 Å². The van der Waals surface area contributed by atoms with Crippen molar-refractivity contribution in [2.45, 2.75) is 26.3 Å². The number of carbonyl (C=O) groups excluding carboxylic acids is 2. The zero-order valence-electron chi connectivity index (χ0n) is 12.6. The van der Waals surface area contributed by atoms with E-state index in [9.17, 15) is 9.59 Å². The number of methoxy groups -OCH3 is 2. The number of nitrogens with one attached hydrogen (secondary N) is 1. The van der Waals surface area contributed by atoms with E-state index in [2.05, 4.69) is 10.1 Å². The number of rotatable bonds is 6. The predicted octanol–water partition coefficient (Wildman–Crippen LogP) is 2.20. The fraction of sp³-hybridized carbons (Fsp3) is 0.467. The Bertz CT molecular complexity index is 516. The van der Waals surface area contributed by atoms with Crippen LogP contribution in [0.4, 0.5) is 0 Å². The van der Waals surface area contributed by atoms with E-state index in [0.29, 0.717) is 16.3 Å². The molecule has 5 nitrogen and oxygen atoms in total. The number of para-hydroxylation sites is 1. The highest BCUT2D eigenvalue weighted by atomic mass is 35.5. The Kier molecular flexibility index (Phi) is 6.49. The van der Waals surface area contributed by atoms with Gasteiger partial charge in [-0.25, -0.2) is 4.79 Å². The van der Waals surface area contributed by atoms with Crippen molar-refractivity contribution in [2.24, 2.45) is 5.92 Å². The van der Waals surface area contributed by atoms with Crippen LogP contribution < -0.4 is 10.1 Å². The summed E-state index contributed by atoms with van der Waals surface area (Å²) in [6, 6.07) is 4.51. The maximum atomic E-state index is 12.1. The van der Waals surface area contributed by atoms with Crippen molar-refractivity contribution in [1.29, 1.82) is 0 Å². The molecule has 0 saturated carbocycles. The van der Waals surface area contributed by atoms with Gasteiger partial charge in [0.25, 0.3) is 0 Å². The Morgan fingerprint density at radius 3 is 2.48 bits per heavy atom. The first-order valence-electron chi connectivity index (χ1n) is 6.59. The minimum absolute atomic E-state index is 0.0670. The quantitative estimate of drug-likeness (QED) is 0.818. The largest absolute Gasteiger partial charge is 0.495 e. The summed E-state index contributed by atoms with van der Waals surface area (Å²) in [6.07, 6.45) is 0.0734. The third-order valence-corrected chi connectivity index (χ3v) is 3.34. The second-order valence-corrected chi connectivity index (χ2v) is 5.33. The number of benzene rings is 1. The molecular formula is C15H20ClNO4. The van der Waals surface area contributed by atoms with Crippen LogP contribution in [0.25, 0.3) is 0 Å². The lowest BCUT2D eigenvalue weighted by Gasteiger charge is -2.20. The summed E-state index contributed by atoms with van der Waals surface area (Å²) in [4.78, 5) is 23.7.